The molecule has 0 aliphatic heterocycles. The van der Waals surface area contributed by atoms with E-state index >= 15 is 0 Å². The summed E-state index contributed by atoms with van der Waals surface area (Å²) in [6.07, 6.45) is -4.54. The molecule has 1 rings (SSSR count). The fourth-order valence-corrected chi connectivity index (χ4v) is 1.69. The lowest BCUT2D eigenvalue weighted by atomic mass is 10.1. The van der Waals surface area contributed by atoms with Gasteiger partial charge in [0.2, 0.25) is 0 Å². The lowest BCUT2D eigenvalue weighted by molar-refractivity contribution is -0.137. The van der Waals surface area contributed by atoms with Crippen LogP contribution in [0.25, 0.3) is 4.91 Å². The predicted octanol–water partition coefficient (Wildman–Crippen LogP) is 3.24. The molecule has 0 amide bonds. The van der Waals surface area contributed by atoms with Gasteiger partial charge in [-0.25, -0.2) is 8.42 Å². The summed E-state index contributed by atoms with van der Waals surface area (Å²) in [6, 6.07) is 3.79. The molecule has 1 aromatic rings. The molecule has 16 heavy (non-hydrogen) atoms. The summed E-state index contributed by atoms with van der Waals surface area (Å²) in [6.45, 7) is 3.13. The minimum Gasteiger partial charge on any atom is -0.207 e. The zero-order chi connectivity index (χ0) is 12.6. The van der Waals surface area contributed by atoms with Crippen molar-refractivity contribution in [2.45, 2.75) is 6.18 Å². The average Bonchev–Trinajstić information content (AvgIpc) is 2.14. The highest BCUT2D eigenvalue weighted by molar-refractivity contribution is 8.21. The first-order chi connectivity index (χ1) is 7.12. The van der Waals surface area contributed by atoms with Gasteiger partial charge in [-0.1, -0.05) is 18.7 Å². The molecule has 0 aromatic heterocycles. The largest absolute Gasteiger partial charge is 0.416 e. The van der Waals surface area contributed by atoms with Crippen molar-refractivity contribution in [3.05, 3.63) is 42.0 Å². The molecular formula is C9H6ClF3O2S. The van der Waals surface area contributed by atoms with Crippen molar-refractivity contribution in [3.8, 4) is 0 Å². The van der Waals surface area contributed by atoms with Crippen molar-refractivity contribution in [3.63, 3.8) is 0 Å². The molecule has 0 saturated carbocycles. The van der Waals surface area contributed by atoms with E-state index in [1.165, 1.54) is 6.07 Å². The van der Waals surface area contributed by atoms with Gasteiger partial charge in [0.1, 0.15) is 0 Å². The highest BCUT2D eigenvalue weighted by Crippen LogP contribution is 2.32. The smallest absolute Gasteiger partial charge is 0.207 e. The van der Waals surface area contributed by atoms with Crippen molar-refractivity contribution in [1.29, 1.82) is 0 Å². The monoisotopic (exact) mass is 270 g/mol. The van der Waals surface area contributed by atoms with E-state index in [-0.39, 0.29) is 5.56 Å². The molecule has 88 valence electrons. The van der Waals surface area contributed by atoms with Crippen LogP contribution in [-0.2, 0) is 15.2 Å². The topological polar surface area (TPSA) is 34.1 Å². The third kappa shape index (κ3) is 2.99. The summed E-state index contributed by atoms with van der Waals surface area (Å²) in [7, 11) is 0.868. The Morgan fingerprint density at radius 3 is 2.31 bits per heavy atom. The maximum Gasteiger partial charge on any atom is 0.416 e. The van der Waals surface area contributed by atoms with Crippen LogP contribution >= 0.6 is 10.7 Å². The highest BCUT2D eigenvalue weighted by atomic mass is 35.7. The van der Waals surface area contributed by atoms with E-state index < -0.39 is 25.7 Å². The molecule has 0 atom stereocenters. The molecule has 0 heterocycles. The van der Waals surface area contributed by atoms with Crippen LogP contribution in [0, 0.1) is 0 Å². The van der Waals surface area contributed by atoms with Gasteiger partial charge in [0, 0.05) is 10.7 Å². The third-order valence-corrected chi connectivity index (χ3v) is 3.19. The Hall–Kier alpha value is -1.01. The number of alkyl halides is 3. The molecule has 1 aromatic carbocycles. The molecule has 0 spiro atoms. The van der Waals surface area contributed by atoms with Crippen LogP contribution in [0.3, 0.4) is 0 Å². The maximum atomic E-state index is 12.3. The second-order valence-corrected chi connectivity index (χ2v) is 5.53. The van der Waals surface area contributed by atoms with E-state index in [0.29, 0.717) is 6.07 Å². The number of rotatable bonds is 2. The fraction of sp³-hybridized carbons (Fsp3) is 0.111. The Morgan fingerprint density at radius 1 is 1.31 bits per heavy atom. The van der Waals surface area contributed by atoms with Crippen LogP contribution < -0.4 is 0 Å². The molecule has 0 radical (unpaired) electrons. The van der Waals surface area contributed by atoms with Gasteiger partial charge in [0.15, 0.2) is 0 Å². The molecule has 0 bridgehead atoms. The van der Waals surface area contributed by atoms with Crippen LogP contribution in [0.4, 0.5) is 13.2 Å². The predicted molar refractivity (Wildman–Crippen MR) is 55.3 cm³/mol. The second-order valence-electron chi connectivity index (χ2n) is 2.94. The number of benzene rings is 1. The minimum atomic E-state index is -4.54. The van der Waals surface area contributed by atoms with E-state index in [4.69, 9.17) is 10.7 Å². The van der Waals surface area contributed by atoms with Crippen molar-refractivity contribution in [2.24, 2.45) is 0 Å². The minimum absolute atomic E-state index is 0.176. The Kier molecular flexibility index (Phi) is 3.35. The Bertz CT molecular complexity index is 520. The van der Waals surface area contributed by atoms with Gasteiger partial charge >= 0.3 is 6.18 Å². The van der Waals surface area contributed by atoms with Crippen molar-refractivity contribution < 1.29 is 21.6 Å². The first-order valence-electron chi connectivity index (χ1n) is 3.93. The average molecular weight is 271 g/mol. The number of hydrogen-bond donors (Lipinski definition) is 0. The molecule has 0 N–H and O–H groups in total. The SMILES string of the molecule is C=C(c1cccc(C(F)(F)F)c1)S(=O)(=O)Cl. The molecule has 7 heteroatoms. The molecule has 0 aliphatic rings. The first-order valence-corrected chi connectivity index (χ1v) is 6.24. The van der Waals surface area contributed by atoms with E-state index in [2.05, 4.69) is 6.58 Å². The summed E-state index contributed by atoms with van der Waals surface area (Å²) < 4.78 is 58.7. The van der Waals surface area contributed by atoms with Gasteiger partial charge in [-0.3, -0.25) is 0 Å². The van der Waals surface area contributed by atoms with Crippen LogP contribution in [0.5, 0.6) is 0 Å². The van der Waals surface area contributed by atoms with E-state index in [1.54, 1.807) is 0 Å². The lowest BCUT2D eigenvalue weighted by Crippen LogP contribution is -2.05. The maximum absolute atomic E-state index is 12.3. The Labute approximate surface area is 94.8 Å². The van der Waals surface area contributed by atoms with E-state index in [1.807, 2.05) is 0 Å². The standard InChI is InChI=1S/C9H6ClF3O2S/c1-6(16(10,14)15)7-3-2-4-8(5-7)9(11,12)13/h2-5H,1H2. The summed E-state index contributed by atoms with van der Waals surface area (Å²) in [5, 5.41) is 0. The zero-order valence-corrected chi connectivity index (χ0v) is 9.33. The third-order valence-electron chi connectivity index (χ3n) is 1.81. The van der Waals surface area contributed by atoms with E-state index in [9.17, 15) is 21.6 Å². The molecular weight excluding hydrogens is 265 g/mol. The zero-order valence-electron chi connectivity index (χ0n) is 7.75. The highest BCUT2D eigenvalue weighted by Gasteiger charge is 2.31. The van der Waals surface area contributed by atoms with Crippen molar-refractivity contribution >= 4 is 24.6 Å². The van der Waals surface area contributed by atoms with Gasteiger partial charge in [-0.2, -0.15) is 13.2 Å². The Balaban J connectivity index is 3.25. The van der Waals surface area contributed by atoms with Gasteiger partial charge in [-0.15, -0.1) is 0 Å². The quantitative estimate of drug-likeness (QED) is 0.773. The van der Waals surface area contributed by atoms with E-state index in [0.717, 1.165) is 12.1 Å². The summed E-state index contributed by atoms with van der Waals surface area (Å²) in [5.41, 5.74) is -1.13. The molecule has 0 fully saturated rings. The van der Waals surface area contributed by atoms with Gasteiger partial charge in [0.05, 0.1) is 10.5 Å². The molecule has 2 nitrogen and oxygen atoms in total. The summed E-state index contributed by atoms with van der Waals surface area (Å²) in [4.78, 5) is -0.555. The number of halogens is 4. The number of hydrogen-bond acceptors (Lipinski definition) is 2. The van der Waals surface area contributed by atoms with Crippen molar-refractivity contribution in [2.75, 3.05) is 0 Å². The summed E-state index contributed by atoms with van der Waals surface area (Å²) in [5.74, 6) is 0. The van der Waals surface area contributed by atoms with Crippen LogP contribution in [0.2, 0.25) is 0 Å². The molecule has 0 unspecified atom stereocenters. The van der Waals surface area contributed by atoms with Crippen LogP contribution in [0.15, 0.2) is 30.8 Å². The normalized spacial score (nSPS) is 12.5. The molecule has 0 saturated heterocycles. The Morgan fingerprint density at radius 2 is 1.88 bits per heavy atom. The second kappa shape index (κ2) is 4.10. The van der Waals surface area contributed by atoms with Gasteiger partial charge in [-0.05, 0) is 17.7 Å². The fourth-order valence-electron chi connectivity index (χ4n) is 1.01. The van der Waals surface area contributed by atoms with Gasteiger partial charge < -0.3 is 0 Å². The van der Waals surface area contributed by atoms with Gasteiger partial charge in [0.25, 0.3) is 9.05 Å². The van der Waals surface area contributed by atoms with Crippen molar-refractivity contribution in [1.82, 2.24) is 0 Å². The summed E-state index contributed by atoms with van der Waals surface area (Å²) >= 11 is 0. The molecule has 0 aliphatic carbocycles. The first kappa shape index (κ1) is 13.1. The lowest BCUT2D eigenvalue weighted by Gasteiger charge is -2.08. The van der Waals surface area contributed by atoms with Crippen LogP contribution in [0.1, 0.15) is 11.1 Å². The van der Waals surface area contributed by atoms with Crippen LogP contribution in [-0.4, -0.2) is 8.42 Å².